The lowest BCUT2D eigenvalue weighted by atomic mass is 10.1. The van der Waals surface area contributed by atoms with Crippen molar-refractivity contribution < 1.29 is 24.4 Å². The monoisotopic (exact) mass is 268 g/mol. The summed E-state index contributed by atoms with van der Waals surface area (Å²) in [5.41, 5.74) is -0.775. The van der Waals surface area contributed by atoms with E-state index in [0.717, 1.165) is 18.2 Å². The van der Waals surface area contributed by atoms with Crippen molar-refractivity contribution in [2.45, 2.75) is 20.0 Å². The first-order valence-corrected chi connectivity index (χ1v) is 5.30. The largest absolute Gasteiger partial charge is 0.478 e. The number of nitro benzene ring substituents is 1. The third-order valence-corrected chi connectivity index (χ3v) is 2.02. The average molecular weight is 268 g/mol. The van der Waals surface area contributed by atoms with Gasteiger partial charge in [0.2, 0.25) is 0 Å². The molecule has 0 heterocycles. The molecule has 102 valence electrons. The zero-order valence-electron chi connectivity index (χ0n) is 10.2. The summed E-state index contributed by atoms with van der Waals surface area (Å²) in [6, 6.07) is 3.05. The van der Waals surface area contributed by atoms with E-state index < -0.39 is 23.1 Å². The van der Waals surface area contributed by atoms with Gasteiger partial charge in [-0.3, -0.25) is 15.4 Å². The van der Waals surface area contributed by atoms with Crippen LogP contribution in [0.5, 0.6) is 0 Å². The molecule has 0 aromatic heterocycles. The number of hydrogen-bond donors (Lipinski definition) is 2. The van der Waals surface area contributed by atoms with Gasteiger partial charge >= 0.3 is 12.1 Å². The van der Waals surface area contributed by atoms with Gasteiger partial charge in [0.15, 0.2) is 0 Å². The fourth-order valence-electron chi connectivity index (χ4n) is 1.29. The number of carbonyl (C=O) groups excluding carboxylic acids is 1. The Morgan fingerprint density at radius 3 is 2.53 bits per heavy atom. The number of ether oxygens (including phenoxy) is 1. The Balaban J connectivity index is 3.07. The highest BCUT2D eigenvalue weighted by Gasteiger charge is 2.18. The molecule has 0 unspecified atom stereocenters. The predicted octanol–water partition coefficient (Wildman–Crippen LogP) is 2.25. The second-order valence-electron chi connectivity index (χ2n) is 3.87. The second kappa shape index (κ2) is 5.80. The minimum atomic E-state index is -1.31. The summed E-state index contributed by atoms with van der Waals surface area (Å²) in [6.07, 6.45) is -1.27. The molecule has 1 aromatic rings. The molecule has 8 nitrogen and oxygen atoms in total. The summed E-state index contributed by atoms with van der Waals surface area (Å²) in [7, 11) is 0. The number of benzene rings is 1. The van der Waals surface area contributed by atoms with Crippen LogP contribution in [0, 0.1) is 10.1 Å². The maximum Gasteiger partial charge on any atom is 0.411 e. The number of nitrogens with zero attached hydrogens (tertiary/aromatic N) is 1. The number of amides is 1. The number of non-ortho nitro benzene ring substituents is 1. The fraction of sp³-hybridized carbons (Fsp3) is 0.273. The predicted molar refractivity (Wildman–Crippen MR) is 65.3 cm³/mol. The van der Waals surface area contributed by atoms with Gasteiger partial charge in [-0.15, -0.1) is 0 Å². The van der Waals surface area contributed by atoms with Crippen LogP contribution in [0.2, 0.25) is 0 Å². The van der Waals surface area contributed by atoms with Gasteiger partial charge in [0.05, 0.1) is 22.3 Å². The minimum Gasteiger partial charge on any atom is -0.478 e. The van der Waals surface area contributed by atoms with Crippen molar-refractivity contribution in [3.8, 4) is 0 Å². The van der Waals surface area contributed by atoms with Gasteiger partial charge in [0.1, 0.15) is 0 Å². The van der Waals surface area contributed by atoms with Crippen molar-refractivity contribution in [2.75, 3.05) is 5.32 Å². The van der Waals surface area contributed by atoms with Crippen molar-refractivity contribution in [2.24, 2.45) is 0 Å². The molecule has 1 rings (SSSR count). The summed E-state index contributed by atoms with van der Waals surface area (Å²) < 4.78 is 4.78. The van der Waals surface area contributed by atoms with Crippen molar-refractivity contribution in [3.05, 3.63) is 33.9 Å². The molecule has 0 radical (unpaired) electrons. The van der Waals surface area contributed by atoms with Crippen molar-refractivity contribution in [1.29, 1.82) is 0 Å². The minimum absolute atomic E-state index is 0.188. The van der Waals surface area contributed by atoms with E-state index >= 15 is 0 Å². The third kappa shape index (κ3) is 3.95. The number of anilines is 1. The van der Waals surface area contributed by atoms with E-state index in [2.05, 4.69) is 5.32 Å². The Bertz CT molecular complexity index is 526. The molecule has 0 aliphatic carbocycles. The Kier molecular flexibility index (Phi) is 4.41. The van der Waals surface area contributed by atoms with E-state index in [1.807, 2.05) is 0 Å². The molecule has 8 heteroatoms. The molecular formula is C11H12N2O6. The van der Waals surface area contributed by atoms with E-state index in [1.165, 1.54) is 0 Å². The van der Waals surface area contributed by atoms with Crippen LogP contribution in [0.3, 0.4) is 0 Å². The van der Waals surface area contributed by atoms with Crippen LogP contribution < -0.4 is 5.32 Å². The van der Waals surface area contributed by atoms with Crippen LogP contribution in [0.1, 0.15) is 24.2 Å². The van der Waals surface area contributed by atoms with E-state index in [0.29, 0.717) is 0 Å². The second-order valence-corrected chi connectivity index (χ2v) is 3.87. The first kappa shape index (κ1) is 14.4. The summed E-state index contributed by atoms with van der Waals surface area (Å²) in [4.78, 5) is 32.2. The Morgan fingerprint density at radius 2 is 2.05 bits per heavy atom. The van der Waals surface area contributed by atoms with Gasteiger partial charge in [-0.25, -0.2) is 9.59 Å². The van der Waals surface area contributed by atoms with Crippen LogP contribution >= 0.6 is 0 Å². The topological polar surface area (TPSA) is 119 Å². The number of hydrogen-bond acceptors (Lipinski definition) is 5. The normalized spacial score (nSPS) is 10.1. The van der Waals surface area contributed by atoms with E-state index in [-0.39, 0.29) is 16.9 Å². The van der Waals surface area contributed by atoms with Gasteiger partial charge < -0.3 is 9.84 Å². The maximum absolute atomic E-state index is 11.4. The Morgan fingerprint density at radius 1 is 1.42 bits per heavy atom. The van der Waals surface area contributed by atoms with Crippen LogP contribution in [0.4, 0.5) is 16.2 Å². The molecule has 2 N–H and O–H groups in total. The van der Waals surface area contributed by atoms with Gasteiger partial charge in [-0.05, 0) is 19.9 Å². The van der Waals surface area contributed by atoms with Crippen LogP contribution in [0.15, 0.2) is 18.2 Å². The quantitative estimate of drug-likeness (QED) is 0.638. The van der Waals surface area contributed by atoms with Crippen LogP contribution in [0.25, 0.3) is 0 Å². The molecule has 0 aliphatic heterocycles. The zero-order chi connectivity index (χ0) is 14.6. The SMILES string of the molecule is CC(C)OC(=O)Nc1cc([N+](=O)[O-])ccc1C(=O)O. The van der Waals surface area contributed by atoms with Gasteiger partial charge in [0.25, 0.3) is 5.69 Å². The number of nitrogens with one attached hydrogen (secondary N) is 1. The van der Waals surface area contributed by atoms with E-state index in [9.17, 15) is 19.7 Å². The summed E-state index contributed by atoms with van der Waals surface area (Å²) in [5, 5.41) is 21.7. The number of aromatic carboxylic acids is 1. The molecule has 19 heavy (non-hydrogen) atoms. The highest BCUT2D eigenvalue weighted by molar-refractivity contribution is 5.99. The van der Waals surface area contributed by atoms with Gasteiger partial charge in [-0.1, -0.05) is 0 Å². The molecule has 0 aliphatic rings. The molecule has 0 saturated heterocycles. The van der Waals surface area contributed by atoms with Crippen LogP contribution in [-0.2, 0) is 4.74 Å². The third-order valence-electron chi connectivity index (χ3n) is 2.02. The molecule has 0 spiro atoms. The number of carbonyl (C=O) groups is 2. The molecule has 0 bridgehead atoms. The number of carboxylic acid groups (broad SMARTS) is 1. The maximum atomic E-state index is 11.4. The van der Waals surface area contributed by atoms with E-state index in [1.54, 1.807) is 13.8 Å². The molecule has 1 aromatic carbocycles. The molecule has 0 fully saturated rings. The average Bonchev–Trinajstić information content (AvgIpc) is 2.26. The Hall–Kier alpha value is -2.64. The summed E-state index contributed by atoms with van der Waals surface area (Å²) >= 11 is 0. The highest BCUT2D eigenvalue weighted by Crippen LogP contribution is 2.23. The molecule has 0 atom stereocenters. The van der Waals surface area contributed by atoms with Crippen LogP contribution in [-0.4, -0.2) is 28.2 Å². The number of nitro groups is 1. The molecular weight excluding hydrogens is 256 g/mol. The standard InChI is InChI=1S/C11H12N2O6/c1-6(2)19-11(16)12-9-5-7(13(17)18)3-4-8(9)10(14)15/h3-6H,1-2H3,(H,12,16)(H,14,15). The smallest absolute Gasteiger partial charge is 0.411 e. The first-order chi connectivity index (χ1) is 8.81. The summed E-state index contributed by atoms with van der Waals surface area (Å²) in [6.45, 7) is 3.23. The summed E-state index contributed by atoms with van der Waals surface area (Å²) in [5.74, 6) is -1.31. The lowest BCUT2D eigenvalue weighted by Crippen LogP contribution is -2.19. The van der Waals surface area contributed by atoms with Gasteiger partial charge in [-0.2, -0.15) is 0 Å². The molecule has 1 amide bonds. The fourth-order valence-corrected chi connectivity index (χ4v) is 1.29. The highest BCUT2D eigenvalue weighted by atomic mass is 16.6. The van der Waals surface area contributed by atoms with Crippen molar-refractivity contribution >= 4 is 23.4 Å². The van der Waals surface area contributed by atoms with Gasteiger partial charge in [0, 0.05) is 12.1 Å². The number of rotatable bonds is 4. The number of carboxylic acids is 1. The van der Waals surface area contributed by atoms with Crippen molar-refractivity contribution in [1.82, 2.24) is 0 Å². The lowest BCUT2D eigenvalue weighted by Gasteiger charge is -2.11. The lowest BCUT2D eigenvalue weighted by molar-refractivity contribution is -0.384. The van der Waals surface area contributed by atoms with Crippen molar-refractivity contribution in [3.63, 3.8) is 0 Å². The van der Waals surface area contributed by atoms with E-state index in [4.69, 9.17) is 9.84 Å². The molecule has 0 saturated carbocycles. The Labute approximate surface area is 108 Å². The first-order valence-electron chi connectivity index (χ1n) is 5.30. The zero-order valence-corrected chi connectivity index (χ0v) is 10.2.